The second kappa shape index (κ2) is 6.88. The van der Waals surface area contributed by atoms with Crippen LogP contribution in [0, 0.1) is 5.92 Å². The van der Waals surface area contributed by atoms with Crippen LogP contribution >= 0.6 is 0 Å². The van der Waals surface area contributed by atoms with Crippen LogP contribution in [0.25, 0.3) is 0 Å². The van der Waals surface area contributed by atoms with Crippen molar-refractivity contribution < 1.29 is 0 Å². The molecule has 2 heterocycles. The van der Waals surface area contributed by atoms with Crippen molar-refractivity contribution in [2.24, 2.45) is 5.92 Å². The van der Waals surface area contributed by atoms with Gasteiger partial charge in [0, 0.05) is 31.7 Å². The second-order valence-electron chi connectivity index (χ2n) is 6.30. The maximum atomic E-state index is 3.61. The minimum atomic E-state index is 0.670. The zero-order valence-electron chi connectivity index (χ0n) is 12.5. The van der Waals surface area contributed by atoms with Crippen molar-refractivity contribution in [2.45, 2.75) is 51.6 Å². The second-order valence-corrected chi connectivity index (χ2v) is 6.30. The Bertz CT molecular complexity index is 244. The first kappa shape index (κ1) is 14.3. The normalized spacial score (nSPS) is 32.2. The van der Waals surface area contributed by atoms with Gasteiger partial charge >= 0.3 is 0 Å². The molecule has 2 fully saturated rings. The molecule has 0 amide bonds. The van der Waals surface area contributed by atoms with Gasteiger partial charge < -0.3 is 15.1 Å². The van der Waals surface area contributed by atoms with Crippen LogP contribution in [-0.4, -0.2) is 61.7 Å². The Labute approximate surface area is 113 Å². The summed E-state index contributed by atoms with van der Waals surface area (Å²) in [7, 11) is 2.32. The van der Waals surface area contributed by atoms with E-state index in [0.29, 0.717) is 6.04 Å². The Morgan fingerprint density at radius 2 is 2.11 bits per heavy atom. The summed E-state index contributed by atoms with van der Waals surface area (Å²) in [6.07, 6.45) is 5.46. The van der Waals surface area contributed by atoms with E-state index in [1.54, 1.807) is 0 Å². The molecule has 2 saturated heterocycles. The summed E-state index contributed by atoms with van der Waals surface area (Å²) in [6, 6.07) is 1.54. The van der Waals surface area contributed by atoms with Gasteiger partial charge in [-0.3, -0.25) is 0 Å². The van der Waals surface area contributed by atoms with Gasteiger partial charge in [0.25, 0.3) is 0 Å². The van der Waals surface area contributed by atoms with Gasteiger partial charge in [-0.05, 0) is 58.7 Å². The monoisotopic (exact) mass is 253 g/mol. The maximum Gasteiger partial charge on any atom is 0.0145 e. The molecule has 0 radical (unpaired) electrons. The molecule has 0 aromatic heterocycles. The number of hydrogen-bond acceptors (Lipinski definition) is 3. The molecule has 18 heavy (non-hydrogen) atoms. The Kier molecular flexibility index (Phi) is 5.46. The molecule has 0 aliphatic carbocycles. The molecule has 3 atom stereocenters. The number of likely N-dealkylation sites (tertiary alicyclic amines) is 2. The molecule has 106 valence electrons. The van der Waals surface area contributed by atoms with Gasteiger partial charge in [-0.25, -0.2) is 0 Å². The molecule has 0 saturated carbocycles. The fourth-order valence-corrected chi connectivity index (χ4v) is 3.54. The van der Waals surface area contributed by atoms with Crippen LogP contribution in [0.1, 0.15) is 39.5 Å². The first-order valence-electron chi connectivity index (χ1n) is 7.86. The molecular formula is C15H31N3. The lowest BCUT2D eigenvalue weighted by Gasteiger charge is -2.46. The van der Waals surface area contributed by atoms with Gasteiger partial charge in [-0.1, -0.05) is 6.92 Å². The molecule has 2 aliphatic heterocycles. The summed E-state index contributed by atoms with van der Waals surface area (Å²) in [6.45, 7) is 10.9. The van der Waals surface area contributed by atoms with Gasteiger partial charge in [0.2, 0.25) is 0 Å². The summed E-state index contributed by atoms with van der Waals surface area (Å²) in [5, 5.41) is 3.61. The SMILES string of the molecule is CCC(C)NCCN1CCC2C(CCCN2C)C1. The first-order chi connectivity index (χ1) is 8.70. The first-order valence-corrected chi connectivity index (χ1v) is 7.86. The summed E-state index contributed by atoms with van der Waals surface area (Å²) >= 11 is 0. The van der Waals surface area contributed by atoms with Crippen LogP contribution in [-0.2, 0) is 0 Å². The van der Waals surface area contributed by atoms with E-state index in [2.05, 4.69) is 36.0 Å². The molecule has 0 bridgehead atoms. The van der Waals surface area contributed by atoms with Crippen molar-refractivity contribution in [1.29, 1.82) is 0 Å². The number of rotatable bonds is 5. The van der Waals surface area contributed by atoms with Crippen molar-refractivity contribution in [3.63, 3.8) is 0 Å². The third-order valence-electron chi connectivity index (χ3n) is 4.96. The lowest BCUT2D eigenvalue weighted by atomic mass is 9.84. The van der Waals surface area contributed by atoms with Gasteiger partial charge in [0.05, 0.1) is 0 Å². The van der Waals surface area contributed by atoms with Crippen molar-refractivity contribution in [3.8, 4) is 0 Å². The summed E-state index contributed by atoms with van der Waals surface area (Å²) in [4.78, 5) is 5.28. The molecule has 1 N–H and O–H groups in total. The average molecular weight is 253 g/mol. The number of nitrogens with one attached hydrogen (secondary N) is 1. The van der Waals surface area contributed by atoms with E-state index in [-0.39, 0.29) is 0 Å². The fourth-order valence-electron chi connectivity index (χ4n) is 3.54. The van der Waals surface area contributed by atoms with E-state index >= 15 is 0 Å². The Balaban J connectivity index is 1.70. The lowest BCUT2D eigenvalue weighted by molar-refractivity contribution is 0.0389. The van der Waals surface area contributed by atoms with Crippen LogP contribution in [0.3, 0.4) is 0 Å². The highest BCUT2D eigenvalue weighted by Gasteiger charge is 2.33. The minimum absolute atomic E-state index is 0.670. The molecule has 3 heteroatoms. The molecule has 2 aliphatic rings. The fraction of sp³-hybridized carbons (Fsp3) is 1.00. The summed E-state index contributed by atoms with van der Waals surface area (Å²) < 4.78 is 0. The maximum absolute atomic E-state index is 3.61. The highest BCUT2D eigenvalue weighted by atomic mass is 15.2. The quantitative estimate of drug-likeness (QED) is 0.806. The number of fused-ring (bicyclic) bond motifs is 1. The molecular weight excluding hydrogens is 222 g/mol. The molecule has 0 aromatic carbocycles. The van der Waals surface area contributed by atoms with Crippen molar-refractivity contribution >= 4 is 0 Å². The molecule has 2 rings (SSSR count). The summed E-state index contributed by atoms with van der Waals surface area (Å²) in [5.74, 6) is 0.932. The third kappa shape index (κ3) is 3.69. The van der Waals surface area contributed by atoms with Gasteiger partial charge in [0.15, 0.2) is 0 Å². The van der Waals surface area contributed by atoms with Crippen molar-refractivity contribution in [2.75, 3.05) is 39.8 Å². The smallest absolute Gasteiger partial charge is 0.0145 e. The van der Waals surface area contributed by atoms with Crippen LogP contribution < -0.4 is 5.32 Å². The van der Waals surface area contributed by atoms with Crippen molar-refractivity contribution in [1.82, 2.24) is 15.1 Å². The van der Waals surface area contributed by atoms with E-state index in [1.165, 1.54) is 51.9 Å². The molecule has 3 nitrogen and oxygen atoms in total. The topological polar surface area (TPSA) is 18.5 Å². The Hall–Kier alpha value is -0.120. The average Bonchev–Trinajstić information content (AvgIpc) is 2.38. The number of hydrogen-bond donors (Lipinski definition) is 1. The zero-order valence-corrected chi connectivity index (χ0v) is 12.5. The van der Waals surface area contributed by atoms with Crippen LogP contribution in [0.4, 0.5) is 0 Å². The highest BCUT2D eigenvalue weighted by Crippen LogP contribution is 2.29. The van der Waals surface area contributed by atoms with E-state index in [1.807, 2.05) is 0 Å². The van der Waals surface area contributed by atoms with Crippen molar-refractivity contribution in [3.05, 3.63) is 0 Å². The minimum Gasteiger partial charge on any atom is -0.313 e. The molecule has 0 spiro atoms. The Morgan fingerprint density at radius 1 is 1.28 bits per heavy atom. The van der Waals surface area contributed by atoms with E-state index in [9.17, 15) is 0 Å². The van der Waals surface area contributed by atoms with E-state index < -0.39 is 0 Å². The molecule has 3 unspecified atom stereocenters. The standard InChI is InChI=1S/C15H31N3/c1-4-13(2)16-8-11-18-10-7-15-14(12-18)6-5-9-17(15)3/h13-16H,4-12H2,1-3H3. The third-order valence-corrected chi connectivity index (χ3v) is 4.96. The lowest BCUT2D eigenvalue weighted by Crippen LogP contribution is -2.53. The zero-order chi connectivity index (χ0) is 13.0. The van der Waals surface area contributed by atoms with Gasteiger partial charge in [-0.2, -0.15) is 0 Å². The van der Waals surface area contributed by atoms with Crippen LogP contribution in [0.15, 0.2) is 0 Å². The largest absolute Gasteiger partial charge is 0.313 e. The van der Waals surface area contributed by atoms with E-state index in [4.69, 9.17) is 0 Å². The van der Waals surface area contributed by atoms with Crippen LogP contribution in [0.5, 0.6) is 0 Å². The predicted octanol–water partition coefficient (Wildman–Crippen LogP) is 1.79. The number of piperidine rings is 2. The van der Waals surface area contributed by atoms with E-state index in [0.717, 1.165) is 18.5 Å². The molecule has 0 aromatic rings. The summed E-state index contributed by atoms with van der Waals surface area (Å²) in [5.41, 5.74) is 0. The van der Waals surface area contributed by atoms with Gasteiger partial charge in [0.1, 0.15) is 0 Å². The highest BCUT2D eigenvalue weighted by molar-refractivity contribution is 4.89. The van der Waals surface area contributed by atoms with Crippen LogP contribution in [0.2, 0.25) is 0 Å². The van der Waals surface area contributed by atoms with Gasteiger partial charge in [-0.15, -0.1) is 0 Å². The Morgan fingerprint density at radius 3 is 2.89 bits per heavy atom. The number of nitrogens with zero attached hydrogens (tertiary/aromatic N) is 2. The predicted molar refractivity (Wildman–Crippen MR) is 78.0 cm³/mol.